The SMILES string of the molecule is CCc1ccc(C(NCc2cccc(Br)n2)C(C)C)cc1. The van der Waals surface area contributed by atoms with Gasteiger partial charge >= 0.3 is 0 Å². The Morgan fingerprint density at radius 1 is 1.10 bits per heavy atom. The Kier molecular flexibility index (Phi) is 5.95. The van der Waals surface area contributed by atoms with E-state index in [1.54, 1.807) is 0 Å². The molecule has 0 saturated carbocycles. The number of rotatable bonds is 6. The van der Waals surface area contributed by atoms with Crippen LogP contribution in [-0.4, -0.2) is 4.98 Å². The first kappa shape index (κ1) is 16.2. The molecular formula is C18H23BrN2. The van der Waals surface area contributed by atoms with Crippen molar-refractivity contribution in [2.75, 3.05) is 0 Å². The highest BCUT2D eigenvalue weighted by molar-refractivity contribution is 9.10. The zero-order chi connectivity index (χ0) is 15.2. The van der Waals surface area contributed by atoms with Gasteiger partial charge in [0.1, 0.15) is 4.60 Å². The van der Waals surface area contributed by atoms with Gasteiger partial charge in [-0.15, -0.1) is 0 Å². The van der Waals surface area contributed by atoms with Gasteiger partial charge in [0.25, 0.3) is 0 Å². The molecule has 2 nitrogen and oxygen atoms in total. The van der Waals surface area contributed by atoms with Crippen LogP contribution in [0.5, 0.6) is 0 Å². The molecule has 0 aliphatic heterocycles. The molecule has 0 fully saturated rings. The number of benzene rings is 1. The van der Waals surface area contributed by atoms with Gasteiger partial charge in [0.2, 0.25) is 0 Å². The highest BCUT2D eigenvalue weighted by atomic mass is 79.9. The molecule has 1 N–H and O–H groups in total. The molecule has 112 valence electrons. The smallest absolute Gasteiger partial charge is 0.106 e. The molecule has 2 rings (SSSR count). The van der Waals surface area contributed by atoms with Crippen LogP contribution in [0.25, 0.3) is 0 Å². The molecule has 1 heterocycles. The van der Waals surface area contributed by atoms with E-state index in [1.807, 2.05) is 12.1 Å². The molecule has 0 radical (unpaired) electrons. The predicted octanol–water partition coefficient (Wildman–Crippen LogP) is 4.89. The Hall–Kier alpha value is -1.19. The number of nitrogens with one attached hydrogen (secondary N) is 1. The second kappa shape index (κ2) is 7.71. The molecule has 2 aromatic rings. The van der Waals surface area contributed by atoms with E-state index >= 15 is 0 Å². The van der Waals surface area contributed by atoms with Gasteiger partial charge in [0.05, 0.1) is 5.69 Å². The Balaban J connectivity index is 2.08. The minimum Gasteiger partial charge on any atom is -0.304 e. The molecule has 1 unspecified atom stereocenters. The van der Waals surface area contributed by atoms with Gasteiger partial charge in [0, 0.05) is 12.6 Å². The first-order chi connectivity index (χ1) is 10.1. The second-order valence-corrected chi connectivity index (χ2v) is 6.46. The van der Waals surface area contributed by atoms with Gasteiger partial charge in [-0.05, 0) is 51.5 Å². The lowest BCUT2D eigenvalue weighted by molar-refractivity contribution is 0.408. The summed E-state index contributed by atoms with van der Waals surface area (Å²) < 4.78 is 0.884. The molecule has 1 aromatic carbocycles. The van der Waals surface area contributed by atoms with E-state index in [4.69, 9.17) is 0 Å². The van der Waals surface area contributed by atoms with E-state index in [9.17, 15) is 0 Å². The number of pyridine rings is 1. The van der Waals surface area contributed by atoms with Crippen molar-refractivity contribution < 1.29 is 0 Å². The Morgan fingerprint density at radius 3 is 2.38 bits per heavy atom. The van der Waals surface area contributed by atoms with Gasteiger partial charge in [-0.25, -0.2) is 4.98 Å². The normalized spacial score (nSPS) is 12.6. The molecule has 0 amide bonds. The van der Waals surface area contributed by atoms with Crippen molar-refractivity contribution in [2.24, 2.45) is 5.92 Å². The number of hydrogen-bond acceptors (Lipinski definition) is 2. The standard InChI is InChI=1S/C18H23BrN2/c1-4-14-8-10-15(11-9-14)18(13(2)3)20-12-16-6-5-7-17(19)21-16/h5-11,13,18,20H,4,12H2,1-3H3. The average Bonchev–Trinajstić information content (AvgIpc) is 2.48. The summed E-state index contributed by atoms with van der Waals surface area (Å²) in [6.45, 7) is 7.46. The molecule has 0 spiro atoms. The molecular weight excluding hydrogens is 324 g/mol. The summed E-state index contributed by atoms with van der Waals surface area (Å²) in [5, 5.41) is 3.63. The first-order valence-corrected chi connectivity index (χ1v) is 8.33. The maximum Gasteiger partial charge on any atom is 0.106 e. The van der Waals surface area contributed by atoms with Crippen LogP contribution in [0.4, 0.5) is 0 Å². The lowest BCUT2D eigenvalue weighted by Gasteiger charge is -2.23. The van der Waals surface area contributed by atoms with Gasteiger partial charge in [0.15, 0.2) is 0 Å². The van der Waals surface area contributed by atoms with E-state index in [1.165, 1.54) is 11.1 Å². The fraction of sp³-hybridized carbons (Fsp3) is 0.389. The van der Waals surface area contributed by atoms with Crippen LogP contribution in [0.3, 0.4) is 0 Å². The average molecular weight is 347 g/mol. The van der Waals surface area contributed by atoms with Gasteiger partial charge in [-0.1, -0.05) is 51.1 Å². The number of halogens is 1. The van der Waals surface area contributed by atoms with Crippen molar-refractivity contribution in [3.05, 3.63) is 63.9 Å². The van der Waals surface area contributed by atoms with Crippen molar-refractivity contribution in [1.82, 2.24) is 10.3 Å². The highest BCUT2D eigenvalue weighted by Crippen LogP contribution is 2.22. The molecule has 1 atom stereocenters. The van der Waals surface area contributed by atoms with Crippen LogP contribution in [0.1, 0.15) is 43.6 Å². The van der Waals surface area contributed by atoms with Crippen LogP contribution in [0.2, 0.25) is 0 Å². The van der Waals surface area contributed by atoms with E-state index in [0.29, 0.717) is 12.0 Å². The van der Waals surface area contributed by atoms with E-state index in [2.05, 4.69) is 77.3 Å². The second-order valence-electron chi connectivity index (χ2n) is 5.65. The van der Waals surface area contributed by atoms with E-state index in [-0.39, 0.29) is 0 Å². The fourth-order valence-electron chi connectivity index (χ4n) is 2.46. The third-order valence-electron chi connectivity index (χ3n) is 3.69. The summed E-state index contributed by atoms with van der Waals surface area (Å²) in [5.41, 5.74) is 3.78. The monoisotopic (exact) mass is 346 g/mol. The van der Waals surface area contributed by atoms with E-state index < -0.39 is 0 Å². The van der Waals surface area contributed by atoms with Crippen molar-refractivity contribution in [3.63, 3.8) is 0 Å². The molecule has 0 saturated heterocycles. The predicted molar refractivity (Wildman–Crippen MR) is 92.2 cm³/mol. The Morgan fingerprint density at radius 2 is 1.81 bits per heavy atom. The fourth-order valence-corrected chi connectivity index (χ4v) is 2.84. The highest BCUT2D eigenvalue weighted by Gasteiger charge is 2.15. The quantitative estimate of drug-likeness (QED) is 0.753. The van der Waals surface area contributed by atoms with Crippen LogP contribution < -0.4 is 5.32 Å². The van der Waals surface area contributed by atoms with Gasteiger partial charge in [-0.3, -0.25) is 0 Å². The van der Waals surface area contributed by atoms with Crippen LogP contribution >= 0.6 is 15.9 Å². The third-order valence-corrected chi connectivity index (χ3v) is 4.13. The third kappa shape index (κ3) is 4.65. The summed E-state index contributed by atoms with van der Waals surface area (Å²) in [6.07, 6.45) is 1.09. The van der Waals surface area contributed by atoms with Crippen LogP contribution in [0, 0.1) is 5.92 Å². The zero-order valence-corrected chi connectivity index (χ0v) is 14.5. The number of aromatic nitrogens is 1. The summed E-state index contributed by atoms with van der Waals surface area (Å²) in [4.78, 5) is 4.48. The minimum absolute atomic E-state index is 0.344. The summed E-state index contributed by atoms with van der Waals surface area (Å²) >= 11 is 3.42. The maximum atomic E-state index is 4.48. The summed E-state index contributed by atoms with van der Waals surface area (Å²) in [6, 6.07) is 15.3. The maximum absolute atomic E-state index is 4.48. The molecule has 1 aromatic heterocycles. The molecule has 21 heavy (non-hydrogen) atoms. The van der Waals surface area contributed by atoms with Crippen LogP contribution in [-0.2, 0) is 13.0 Å². The molecule has 3 heteroatoms. The molecule has 0 aliphatic rings. The number of nitrogens with zero attached hydrogens (tertiary/aromatic N) is 1. The van der Waals surface area contributed by atoms with Gasteiger partial charge in [-0.2, -0.15) is 0 Å². The lowest BCUT2D eigenvalue weighted by atomic mass is 9.95. The Bertz CT molecular complexity index is 564. The largest absolute Gasteiger partial charge is 0.304 e. The number of hydrogen-bond donors (Lipinski definition) is 1. The minimum atomic E-state index is 0.344. The Labute approximate surface area is 136 Å². The van der Waals surface area contributed by atoms with Crippen molar-refractivity contribution in [1.29, 1.82) is 0 Å². The van der Waals surface area contributed by atoms with Gasteiger partial charge < -0.3 is 5.32 Å². The molecule has 0 aliphatic carbocycles. The first-order valence-electron chi connectivity index (χ1n) is 7.53. The van der Waals surface area contributed by atoms with E-state index in [0.717, 1.165) is 23.3 Å². The molecule has 0 bridgehead atoms. The summed E-state index contributed by atoms with van der Waals surface area (Å²) in [5.74, 6) is 0.532. The lowest BCUT2D eigenvalue weighted by Crippen LogP contribution is -2.25. The van der Waals surface area contributed by atoms with Crippen molar-refractivity contribution in [3.8, 4) is 0 Å². The zero-order valence-electron chi connectivity index (χ0n) is 12.9. The van der Waals surface area contributed by atoms with Crippen molar-refractivity contribution >= 4 is 15.9 Å². The summed E-state index contributed by atoms with van der Waals surface area (Å²) in [7, 11) is 0. The van der Waals surface area contributed by atoms with Crippen LogP contribution in [0.15, 0.2) is 47.1 Å². The van der Waals surface area contributed by atoms with Crippen molar-refractivity contribution in [2.45, 2.75) is 39.8 Å². The topological polar surface area (TPSA) is 24.9 Å². The number of aryl methyl sites for hydroxylation is 1.